The van der Waals surface area contributed by atoms with Gasteiger partial charge in [0, 0.05) is 18.6 Å². The lowest BCUT2D eigenvalue weighted by Gasteiger charge is -2.36. The number of aliphatic carboxylic acids is 1. The molecule has 0 spiro atoms. The second kappa shape index (κ2) is 5.88. The van der Waals surface area contributed by atoms with E-state index in [2.05, 4.69) is 18.7 Å². The summed E-state index contributed by atoms with van der Waals surface area (Å²) in [6.45, 7) is 6.02. The van der Waals surface area contributed by atoms with Crippen molar-refractivity contribution in [3.8, 4) is 0 Å². The minimum Gasteiger partial charge on any atom is -0.479 e. The molecule has 2 aliphatic heterocycles. The summed E-state index contributed by atoms with van der Waals surface area (Å²) in [6, 6.07) is 0.801. The molecule has 2 rings (SSSR count). The zero-order valence-electron chi connectivity index (χ0n) is 11.5. The summed E-state index contributed by atoms with van der Waals surface area (Å²) in [4.78, 5) is 26.8. The van der Waals surface area contributed by atoms with Crippen LogP contribution in [-0.4, -0.2) is 71.2 Å². The summed E-state index contributed by atoms with van der Waals surface area (Å²) in [6.07, 6.45) is 1.33. The molecule has 0 aromatic rings. The molecule has 6 nitrogen and oxygen atoms in total. The van der Waals surface area contributed by atoms with Crippen molar-refractivity contribution in [2.45, 2.75) is 44.9 Å². The first kappa shape index (κ1) is 14.3. The summed E-state index contributed by atoms with van der Waals surface area (Å²) >= 11 is 0. The van der Waals surface area contributed by atoms with Gasteiger partial charge < -0.3 is 14.7 Å². The van der Waals surface area contributed by atoms with Gasteiger partial charge in [0.05, 0.1) is 6.54 Å². The summed E-state index contributed by atoms with van der Waals surface area (Å²) in [7, 11) is 0. The molecular weight excluding hydrogens is 248 g/mol. The molecule has 2 heterocycles. The van der Waals surface area contributed by atoms with Gasteiger partial charge in [-0.25, -0.2) is 4.79 Å². The maximum absolute atomic E-state index is 11.8. The molecule has 0 aromatic carbocycles. The highest BCUT2D eigenvalue weighted by atomic mass is 16.5. The number of amides is 1. The summed E-state index contributed by atoms with van der Waals surface area (Å²) < 4.78 is 5.02. The van der Waals surface area contributed by atoms with Crippen LogP contribution in [0.1, 0.15) is 26.7 Å². The van der Waals surface area contributed by atoms with Crippen LogP contribution < -0.4 is 0 Å². The molecule has 0 bridgehead atoms. The Morgan fingerprint density at radius 2 is 2.26 bits per heavy atom. The number of morpholine rings is 1. The maximum atomic E-state index is 11.8. The molecule has 2 saturated heterocycles. The summed E-state index contributed by atoms with van der Waals surface area (Å²) in [5, 5.41) is 8.97. The quantitative estimate of drug-likeness (QED) is 0.788. The fourth-order valence-corrected chi connectivity index (χ4v) is 2.93. The fourth-order valence-electron chi connectivity index (χ4n) is 2.93. The Labute approximate surface area is 113 Å². The zero-order chi connectivity index (χ0) is 14.0. The average Bonchev–Trinajstić information content (AvgIpc) is 2.80. The molecular formula is C13H22N2O4. The molecule has 19 heavy (non-hydrogen) atoms. The van der Waals surface area contributed by atoms with Crippen molar-refractivity contribution in [1.82, 2.24) is 9.80 Å². The van der Waals surface area contributed by atoms with E-state index in [0.29, 0.717) is 18.6 Å². The first-order valence-electron chi connectivity index (χ1n) is 6.87. The normalized spacial score (nSPS) is 29.2. The van der Waals surface area contributed by atoms with Gasteiger partial charge in [0.1, 0.15) is 6.61 Å². The van der Waals surface area contributed by atoms with Crippen molar-refractivity contribution in [2.75, 3.05) is 26.2 Å². The molecule has 2 aliphatic rings. The van der Waals surface area contributed by atoms with Crippen LogP contribution in [0.4, 0.5) is 0 Å². The average molecular weight is 270 g/mol. The zero-order valence-corrected chi connectivity index (χ0v) is 11.5. The van der Waals surface area contributed by atoms with Crippen molar-refractivity contribution in [3.05, 3.63) is 0 Å². The van der Waals surface area contributed by atoms with E-state index in [1.807, 2.05) is 0 Å². The minimum atomic E-state index is -0.996. The molecule has 0 radical (unpaired) electrons. The Balaban J connectivity index is 1.96. The number of likely N-dealkylation sites (tertiary alicyclic amines) is 1. The van der Waals surface area contributed by atoms with E-state index >= 15 is 0 Å². The van der Waals surface area contributed by atoms with Crippen molar-refractivity contribution in [1.29, 1.82) is 0 Å². The van der Waals surface area contributed by atoms with Gasteiger partial charge in [0.25, 0.3) is 0 Å². The van der Waals surface area contributed by atoms with Gasteiger partial charge in [-0.05, 0) is 33.2 Å². The van der Waals surface area contributed by atoms with E-state index in [1.165, 1.54) is 0 Å². The molecule has 0 aliphatic carbocycles. The molecule has 0 saturated carbocycles. The number of carbonyl (C=O) groups is 2. The minimum absolute atomic E-state index is 0.104. The Bertz CT molecular complexity index is 359. The number of hydrogen-bond donors (Lipinski definition) is 1. The molecule has 0 aromatic heterocycles. The van der Waals surface area contributed by atoms with Gasteiger partial charge in [-0.3, -0.25) is 9.69 Å². The molecule has 6 heteroatoms. The second-order valence-electron chi connectivity index (χ2n) is 5.56. The van der Waals surface area contributed by atoms with Gasteiger partial charge >= 0.3 is 5.97 Å². The SMILES string of the molecule is CC(C)N1CCCC1CN1CC(C(=O)O)OCC1=O. The lowest BCUT2D eigenvalue weighted by Crippen LogP contribution is -2.53. The smallest absolute Gasteiger partial charge is 0.334 e. The van der Waals surface area contributed by atoms with Crippen molar-refractivity contribution >= 4 is 11.9 Å². The van der Waals surface area contributed by atoms with Gasteiger partial charge in [0.15, 0.2) is 6.10 Å². The predicted octanol–water partition coefficient (Wildman–Crippen LogP) is 0.171. The van der Waals surface area contributed by atoms with Crippen molar-refractivity contribution < 1.29 is 19.4 Å². The third kappa shape index (κ3) is 3.25. The number of carboxylic acids is 1. The molecule has 108 valence electrons. The lowest BCUT2D eigenvalue weighted by atomic mass is 10.1. The van der Waals surface area contributed by atoms with Gasteiger partial charge in [-0.15, -0.1) is 0 Å². The lowest BCUT2D eigenvalue weighted by molar-refractivity contribution is -0.165. The van der Waals surface area contributed by atoms with E-state index in [4.69, 9.17) is 9.84 Å². The molecule has 2 fully saturated rings. The first-order chi connectivity index (χ1) is 8.99. The third-order valence-electron chi connectivity index (χ3n) is 3.94. The largest absolute Gasteiger partial charge is 0.479 e. The maximum Gasteiger partial charge on any atom is 0.334 e. The number of carboxylic acid groups (broad SMARTS) is 1. The molecule has 1 amide bonds. The van der Waals surface area contributed by atoms with Crippen LogP contribution in [0.15, 0.2) is 0 Å². The van der Waals surface area contributed by atoms with Gasteiger partial charge in [-0.1, -0.05) is 0 Å². The Morgan fingerprint density at radius 1 is 1.53 bits per heavy atom. The topological polar surface area (TPSA) is 70.1 Å². The van der Waals surface area contributed by atoms with E-state index in [1.54, 1.807) is 4.90 Å². The van der Waals surface area contributed by atoms with E-state index < -0.39 is 12.1 Å². The standard InChI is InChI=1S/C13H22N2O4/c1-9(2)15-5-3-4-10(15)6-14-7-11(13(17)18)19-8-12(14)16/h9-11H,3-8H2,1-2H3,(H,17,18). The third-order valence-corrected chi connectivity index (χ3v) is 3.94. The van der Waals surface area contributed by atoms with E-state index in [9.17, 15) is 9.59 Å². The number of ether oxygens (including phenoxy) is 1. The highest BCUT2D eigenvalue weighted by molar-refractivity contribution is 5.81. The van der Waals surface area contributed by atoms with Gasteiger partial charge in [-0.2, -0.15) is 0 Å². The second-order valence-corrected chi connectivity index (χ2v) is 5.56. The van der Waals surface area contributed by atoms with Gasteiger partial charge in [0.2, 0.25) is 5.91 Å². The van der Waals surface area contributed by atoms with Crippen molar-refractivity contribution in [2.24, 2.45) is 0 Å². The van der Waals surface area contributed by atoms with Crippen LogP contribution in [-0.2, 0) is 14.3 Å². The van der Waals surface area contributed by atoms with Crippen LogP contribution >= 0.6 is 0 Å². The van der Waals surface area contributed by atoms with Crippen LogP contribution in [0, 0.1) is 0 Å². The number of hydrogen-bond acceptors (Lipinski definition) is 4. The van der Waals surface area contributed by atoms with Crippen LogP contribution in [0.5, 0.6) is 0 Å². The highest BCUT2D eigenvalue weighted by Gasteiger charge is 2.35. The Morgan fingerprint density at radius 3 is 2.89 bits per heavy atom. The van der Waals surface area contributed by atoms with E-state index in [0.717, 1.165) is 19.4 Å². The van der Waals surface area contributed by atoms with Crippen molar-refractivity contribution in [3.63, 3.8) is 0 Å². The first-order valence-corrected chi connectivity index (χ1v) is 6.87. The number of rotatable bonds is 4. The highest BCUT2D eigenvalue weighted by Crippen LogP contribution is 2.21. The molecule has 1 N–H and O–H groups in total. The fraction of sp³-hybridized carbons (Fsp3) is 0.846. The van der Waals surface area contributed by atoms with Crippen LogP contribution in [0.3, 0.4) is 0 Å². The summed E-state index contributed by atoms with van der Waals surface area (Å²) in [5.74, 6) is -1.10. The Hall–Kier alpha value is -1.14. The number of nitrogens with zero attached hydrogens (tertiary/aromatic N) is 2. The summed E-state index contributed by atoms with van der Waals surface area (Å²) in [5.41, 5.74) is 0. The van der Waals surface area contributed by atoms with Crippen LogP contribution in [0.2, 0.25) is 0 Å². The monoisotopic (exact) mass is 270 g/mol. The Kier molecular flexibility index (Phi) is 4.42. The van der Waals surface area contributed by atoms with E-state index in [-0.39, 0.29) is 19.1 Å². The number of carbonyl (C=O) groups excluding carboxylic acids is 1. The van der Waals surface area contributed by atoms with Crippen LogP contribution in [0.25, 0.3) is 0 Å². The predicted molar refractivity (Wildman–Crippen MR) is 68.8 cm³/mol. The molecule has 2 atom stereocenters. The molecule has 2 unspecified atom stereocenters.